The van der Waals surface area contributed by atoms with Crippen LogP contribution >= 0.6 is 0 Å². The van der Waals surface area contributed by atoms with E-state index in [4.69, 9.17) is 11.5 Å². The number of phenols is 1. The molecule has 15 heteroatoms. The predicted octanol–water partition coefficient (Wildman–Crippen LogP) is -0.0218. The SMILES string of the molecule is Nc1nonc1N=NN(CC(=O)N/N=C/c1ccc(O)cc1)c1nonc1N. The third-order valence-electron chi connectivity index (χ3n) is 3.07. The summed E-state index contributed by atoms with van der Waals surface area (Å²) in [5.41, 5.74) is 14.1. The van der Waals surface area contributed by atoms with Crippen LogP contribution in [0.5, 0.6) is 5.75 Å². The van der Waals surface area contributed by atoms with Gasteiger partial charge in [-0.1, -0.05) is 5.22 Å². The summed E-state index contributed by atoms with van der Waals surface area (Å²) >= 11 is 0. The van der Waals surface area contributed by atoms with Gasteiger partial charge in [0, 0.05) is 0 Å². The average molecular weight is 387 g/mol. The second kappa shape index (κ2) is 8.21. The molecule has 3 aromatic rings. The topological polar surface area (TPSA) is 220 Å². The summed E-state index contributed by atoms with van der Waals surface area (Å²) in [6.45, 7) is -0.389. The molecule has 28 heavy (non-hydrogen) atoms. The number of nitrogens with two attached hydrogens (primary N) is 2. The van der Waals surface area contributed by atoms with Crippen LogP contribution in [0.15, 0.2) is 49.0 Å². The number of anilines is 3. The number of carbonyl (C=O) groups excluding carboxylic acids is 1. The van der Waals surface area contributed by atoms with Gasteiger partial charge in [-0.25, -0.2) is 19.7 Å². The number of hydrogen-bond acceptors (Lipinski definition) is 13. The number of phenolic OH excluding ortho intramolecular Hbond substituents is 1. The third-order valence-corrected chi connectivity index (χ3v) is 3.07. The first-order valence-corrected chi connectivity index (χ1v) is 7.49. The van der Waals surface area contributed by atoms with E-state index in [0.717, 1.165) is 5.01 Å². The molecule has 2 aromatic heterocycles. The van der Waals surface area contributed by atoms with E-state index in [9.17, 15) is 9.90 Å². The number of hydrazone groups is 1. The number of amides is 1. The maximum absolute atomic E-state index is 12.1. The lowest BCUT2D eigenvalue weighted by atomic mass is 10.2. The smallest absolute Gasteiger partial charge is 0.263 e. The Morgan fingerprint density at radius 2 is 1.86 bits per heavy atom. The predicted molar refractivity (Wildman–Crippen MR) is 93.1 cm³/mol. The molecule has 0 aliphatic carbocycles. The quantitative estimate of drug-likeness (QED) is 0.239. The van der Waals surface area contributed by atoms with E-state index in [0.29, 0.717) is 5.56 Å². The number of aromatic nitrogens is 4. The molecule has 1 amide bonds. The van der Waals surface area contributed by atoms with Gasteiger partial charge in [0.15, 0.2) is 0 Å². The molecule has 0 fully saturated rings. The summed E-state index contributed by atoms with van der Waals surface area (Å²) < 4.78 is 8.89. The Bertz CT molecular complexity index is 994. The highest BCUT2D eigenvalue weighted by atomic mass is 16.6. The molecule has 0 spiro atoms. The molecule has 0 saturated heterocycles. The molecule has 0 unspecified atom stereocenters. The Hall–Kier alpha value is -4.56. The van der Waals surface area contributed by atoms with E-state index < -0.39 is 5.91 Å². The molecule has 3 rings (SSSR count). The van der Waals surface area contributed by atoms with E-state index in [-0.39, 0.29) is 35.6 Å². The van der Waals surface area contributed by atoms with Gasteiger partial charge in [0.25, 0.3) is 11.7 Å². The largest absolute Gasteiger partial charge is 0.508 e. The fraction of sp³-hybridized carbons (Fsp3) is 0.0769. The molecule has 144 valence electrons. The number of aromatic hydroxyl groups is 1. The Morgan fingerprint density at radius 1 is 1.14 bits per heavy atom. The number of nitrogens with one attached hydrogen (secondary N) is 1. The second-order valence-electron chi connectivity index (χ2n) is 5.08. The first kappa shape index (κ1) is 18.2. The third kappa shape index (κ3) is 4.54. The molecule has 6 N–H and O–H groups in total. The van der Waals surface area contributed by atoms with Gasteiger partial charge in [-0.15, -0.1) is 5.11 Å². The van der Waals surface area contributed by atoms with Gasteiger partial charge in [-0.3, -0.25) is 4.79 Å². The Balaban J connectivity index is 1.67. The molecule has 0 bridgehead atoms. The average Bonchev–Trinajstić information content (AvgIpc) is 3.28. The van der Waals surface area contributed by atoms with E-state index in [2.05, 4.69) is 50.7 Å². The molecular weight excluding hydrogens is 374 g/mol. The van der Waals surface area contributed by atoms with Crippen molar-refractivity contribution >= 4 is 35.4 Å². The molecule has 0 saturated carbocycles. The number of rotatable bonds is 7. The lowest BCUT2D eigenvalue weighted by Crippen LogP contribution is -2.32. The van der Waals surface area contributed by atoms with Crippen molar-refractivity contribution in [1.82, 2.24) is 26.1 Å². The molecule has 0 radical (unpaired) electrons. The van der Waals surface area contributed by atoms with Crippen molar-refractivity contribution in [1.29, 1.82) is 0 Å². The van der Waals surface area contributed by atoms with Crippen molar-refractivity contribution in [2.75, 3.05) is 23.0 Å². The van der Waals surface area contributed by atoms with Gasteiger partial charge < -0.3 is 16.6 Å². The summed E-state index contributed by atoms with van der Waals surface area (Å²) in [5, 5.41) is 35.2. The maximum Gasteiger partial charge on any atom is 0.263 e. The molecule has 0 aliphatic heterocycles. The number of nitrogen functional groups attached to an aromatic ring is 2. The first-order valence-electron chi connectivity index (χ1n) is 7.49. The van der Waals surface area contributed by atoms with Gasteiger partial charge in [-0.2, -0.15) is 5.10 Å². The van der Waals surface area contributed by atoms with Gasteiger partial charge in [0.05, 0.1) is 6.21 Å². The van der Waals surface area contributed by atoms with Crippen molar-refractivity contribution in [3.8, 4) is 5.75 Å². The summed E-state index contributed by atoms with van der Waals surface area (Å²) in [5.74, 6) is -0.850. The van der Waals surface area contributed by atoms with Gasteiger partial charge >= 0.3 is 0 Å². The zero-order chi connectivity index (χ0) is 19.9. The van der Waals surface area contributed by atoms with Crippen LogP contribution in [0, 0.1) is 0 Å². The lowest BCUT2D eigenvalue weighted by Gasteiger charge is -2.12. The van der Waals surface area contributed by atoms with E-state index in [1.165, 1.54) is 18.3 Å². The van der Waals surface area contributed by atoms with Crippen LogP contribution in [0.3, 0.4) is 0 Å². The Labute approximate surface area is 155 Å². The van der Waals surface area contributed by atoms with Crippen molar-refractivity contribution in [3.05, 3.63) is 29.8 Å². The number of hydrogen-bond donors (Lipinski definition) is 4. The van der Waals surface area contributed by atoms with E-state index in [1.807, 2.05) is 0 Å². The maximum atomic E-state index is 12.1. The normalized spacial score (nSPS) is 11.3. The van der Waals surface area contributed by atoms with Crippen LogP contribution in [0.4, 0.5) is 23.3 Å². The minimum Gasteiger partial charge on any atom is -0.508 e. The first-order chi connectivity index (χ1) is 13.5. The summed E-state index contributed by atoms with van der Waals surface area (Å²) in [7, 11) is 0. The van der Waals surface area contributed by atoms with Crippen molar-refractivity contribution in [3.63, 3.8) is 0 Å². The number of nitrogens with zero attached hydrogens (tertiary/aromatic N) is 8. The standard InChI is InChI=1S/C13H13N11O4/c14-10-12(21-27-19-10)18-23-24(13-11(15)20-28-22-13)6-9(26)17-16-5-7-1-3-8(25)4-2-7/h1-5,25H,6H2,(H2,14,19)(H2,15,20)(H,17,26)/b16-5+,23-18?. The van der Waals surface area contributed by atoms with Crippen molar-refractivity contribution < 1.29 is 19.2 Å². The Morgan fingerprint density at radius 3 is 2.50 bits per heavy atom. The zero-order valence-electron chi connectivity index (χ0n) is 14.0. The van der Waals surface area contributed by atoms with Gasteiger partial charge in [-0.05, 0) is 50.5 Å². The van der Waals surface area contributed by atoms with Crippen LogP contribution in [-0.4, -0.2) is 44.4 Å². The van der Waals surface area contributed by atoms with Gasteiger partial charge in [0.2, 0.25) is 17.5 Å². The van der Waals surface area contributed by atoms with Crippen molar-refractivity contribution in [2.45, 2.75) is 0 Å². The highest BCUT2D eigenvalue weighted by Gasteiger charge is 2.19. The van der Waals surface area contributed by atoms with Crippen LogP contribution in [0.25, 0.3) is 0 Å². The minimum atomic E-state index is -0.581. The van der Waals surface area contributed by atoms with E-state index in [1.54, 1.807) is 12.1 Å². The summed E-state index contributed by atoms with van der Waals surface area (Å²) in [4.78, 5) is 12.1. The minimum absolute atomic E-state index is 0.0589. The summed E-state index contributed by atoms with van der Waals surface area (Å²) in [6.07, 6.45) is 1.39. The van der Waals surface area contributed by atoms with Crippen LogP contribution in [0.2, 0.25) is 0 Å². The molecule has 1 aromatic carbocycles. The fourth-order valence-electron chi connectivity index (χ4n) is 1.79. The molecular formula is C13H13N11O4. The van der Waals surface area contributed by atoms with Crippen LogP contribution < -0.4 is 21.9 Å². The fourth-order valence-corrected chi connectivity index (χ4v) is 1.79. The molecule has 15 nitrogen and oxygen atoms in total. The van der Waals surface area contributed by atoms with Crippen molar-refractivity contribution in [2.24, 2.45) is 15.4 Å². The lowest BCUT2D eigenvalue weighted by molar-refractivity contribution is -0.119. The summed E-state index contributed by atoms with van der Waals surface area (Å²) in [6, 6.07) is 6.19. The molecule has 0 aliphatic rings. The molecule has 0 atom stereocenters. The van der Waals surface area contributed by atoms with Gasteiger partial charge in [0.1, 0.15) is 12.3 Å². The highest BCUT2D eigenvalue weighted by Crippen LogP contribution is 2.21. The monoisotopic (exact) mass is 387 g/mol. The van der Waals surface area contributed by atoms with Crippen LogP contribution in [0.1, 0.15) is 5.56 Å². The number of benzene rings is 1. The zero-order valence-corrected chi connectivity index (χ0v) is 14.0. The number of carbonyl (C=O) groups is 1. The highest BCUT2D eigenvalue weighted by molar-refractivity contribution is 5.84. The molecule has 2 heterocycles. The van der Waals surface area contributed by atoms with Crippen LogP contribution in [-0.2, 0) is 4.79 Å². The Kier molecular flexibility index (Phi) is 5.35. The van der Waals surface area contributed by atoms with E-state index >= 15 is 0 Å². The second-order valence-corrected chi connectivity index (χ2v) is 5.08.